The Bertz CT molecular complexity index is 568. The fourth-order valence-electron chi connectivity index (χ4n) is 1.38. The molecule has 0 aliphatic heterocycles. The van der Waals surface area contributed by atoms with Crippen LogP contribution in [0.2, 0.25) is 0 Å². The fraction of sp³-hybridized carbons (Fsp3) is 0.364. The van der Waals surface area contributed by atoms with Crippen LogP contribution in [0, 0.1) is 0 Å². The van der Waals surface area contributed by atoms with Gasteiger partial charge in [-0.1, -0.05) is 0 Å². The summed E-state index contributed by atoms with van der Waals surface area (Å²) in [5.74, 6) is 0.115. The minimum atomic E-state index is -4.51. The van der Waals surface area contributed by atoms with Crippen molar-refractivity contribution in [1.82, 2.24) is 15.0 Å². The maximum absolute atomic E-state index is 12.8. The van der Waals surface area contributed by atoms with Gasteiger partial charge in [-0.3, -0.25) is 0 Å². The van der Waals surface area contributed by atoms with Gasteiger partial charge in [-0.15, -0.1) is 11.3 Å². The largest absolute Gasteiger partial charge is 0.433 e. The number of halogens is 3. The molecule has 1 N–H and O–H groups in total. The zero-order valence-electron chi connectivity index (χ0n) is 10.8. The van der Waals surface area contributed by atoms with Crippen molar-refractivity contribution in [2.75, 3.05) is 24.3 Å². The van der Waals surface area contributed by atoms with Crippen LogP contribution in [-0.4, -0.2) is 29.0 Å². The van der Waals surface area contributed by atoms with E-state index in [4.69, 9.17) is 0 Å². The van der Waals surface area contributed by atoms with Crippen LogP contribution in [0.15, 0.2) is 17.0 Å². The van der Waals surface area contributed by atoms with Crippen LogP contribution in [0.25, 0.3) is 0 Å². The molecule has 0 aliphatic carbocycles. The summed E-state index contributed by atoms with van der Waals surface area (Å²) < 4.78 is 38.3. The Morgan fingerprint density at radius 2 is 2.05 bits per heavy atom. The first-order valence-electron chi connectivity index (χ1n) is 5.61. The summed E-state index contributed by atoms with van der Waals surface area (Å²) in [6.45, 7) is 0.275. The third-order valence-electron chi connectivity index (χ3n) is 2.37. The molecule has 2 heterocycles. The molecule has 0 unspecified atom stereocenters. The molecule has 0 radical (unpaired) electrons. The van der Waals surface area contributed by atoms with Gasteiger partial charge < -0.3 is 10.2 Å². The predicted octanol–water partition coefficient (Wildman–Crippen LogP) is 2.63. The van der Waals surface area contributed by atoms with E-state index >= 15 is 0 Å². The van der Waals surface area contributed by atoms with Crippen molar-refractivity contribution in [2.24, 2.45) is 0 Å². The predicted molar refractivity (Wildman–Crippen MR) is 70.8 cm³/mol. The molecule has 2 rings (SSSR count). The maximum Gasteiger partial charge on any atom is 0.433 e. The number of nitrogens with zero attached hydrogens (tertiary/aromatic N) is 4. The molecule has 0 fully saturated rings. The molecular formula is C11H12F3N5S. The molecule has 20 heavy (non-hydrogen) atoms. The zero-order valence-corrected chi connectivity index (χ0v) is 11.6. The molecule has 5 nitrogen and oxygen atoms in total. The molecule has 108 valence electrons. The number of anilines is 2. The van der Waals surface area contributed by atoms with E-state index in [1.54, 1.807) is 25.0 Å². The quantitative estimate of drug-likeness (QED) is 0.941. The van der Waals surface area contributed by atoms with Crippen molar-refractivity contribution in [3.63, 3.8) is 0 Å². The first-order valence-corrected chi connectivity index (χ1v) is 6.55. The maximum atomic E-state index is 12.8. The summed E-state index contributed by atoms with van der Waals surface area (Å²) in [4.78, 5) is 13.0. The Morgan fingerprint density at radius 3 is 2.60 bits per heavy atom. The van der Waals surface area contributed by atoms with Gasteiger partial charge in [-0.05, 0) is 0 Å². The van der Waals surface area contributed by atoms with Crippen molar-refractivity contribution < 1.29 is 13.2 Å². The van der Waals surface area contributed by atoms with Crippen LogP contribution in [0.5, 0.6) is 0 Å². The summed E-state index contributed by atoms with van der Waals surface area (Å²) in [7, 11) is 3.24. The van der Waals surface area contributed by atoms with Gasteiger partial charge in [0.1, 0.15) is 5.82 Å². The molecule has 0 amide bonds. The van der Waals surface area contributed by atoms with Gasteiger partial charge in [0.25, 0.3) is 0 Å². The molecule has 0 saturated carbocycles. The van der Waals surface area contributed by atoms with Crippen molar-refractivity contribution in [3.8, 4) is 0 Å². The van der Waals surface area contributed by atoms with Gasteiger partial charge in [0, 0.05) is 25.5 Å². The number of rotatable bonds is 4. The number of hydrogen-bond acceptors (Lipinski definition) is 6. The van der Waals surface area contributed by atoms with Crippen LogP contribution in [0.3, 0.4) is 0 Å². The van der Waals surface area contributed by atoms with Gasteiger partial charge in [0.05, 0.1) is 17.7 Å². The zero-order chi connectivity index (χ0) is 14.8. The number of hydrogen-bond donors (Lipinski definition) is 1. The van der Waals surface area contributed by atoms with Crippen LogP contribution in [0.4, 0.5) is 24.9 Å². The molecule has 0 spiro atoms. The summed E-state index contributed by atoms with van der Waals surface area (Å²) in [6.07, 6.45) is -4.51. The van der Waals surface area contributed by atoms with E-state index in [1.807, 2.05) is 0 Å². The molecule has 2 aromatic rings. The van der Waals surface area contributed by atoms with Crippen LogP contribution in [-0.2, 0) is 12.7 Å². The summed E-state index contributed by atoms with van der Waals surface area (Å²) in [5, 5.41) is 4.55. The number of aromatic nitrogens is 3. The molecule has 0 atom stereocenters. The first kappa shape index (κ1) is 14.5. The van der Waals surface area contributed by atoms with E-state index in [2.05, 4.69) is 20.3 Å². The SMILES string of the molecule is CN(C)c1cc(C(F)(F)F)nc(NCc2cscn2)n1. The third kappa shape index (κ3) is 3.56. The van der Waals surface area contributed by atoms with Gasteiger partial charge >= 0.3 is 6.18 Å². The lowest BCUT2D eigenvalue weighted by atomic mass is 10.3. The lowest BCUT2D eigenvalue weighted by Gasteiger charge is -2.15. The van der Waals surface area contributed by atoms with E-state index in [1.165, 1.54) is 16.2 Å². The molecule has 0 aromatic carbocycles. The van der Waals surface area contributed by atoms with Gasteiger partial charge in [-0.25, -0.2) is 9.97 Å². The highest BCUT2D eigenvalue weighted by molar-refractivity contribution is 7.07. The third-order valence-corrected chi connectivity index (χ3v) is 3.01. The van der Waals surface area contributed by atoms with Crippen LogP contribution < -0.4 is 10.2 Å². The van der Waals surface area contributed by atoms with Crippen molar-refractivity contribution in [3.05, 3.63) is 28.3 Å². The highest BCUT2D eigenvalue weighted by atomic mass is 32.1. The number of thiazole rings is 1. The standard InChI is InChI=1S/C11H12F3N5S/c1-19(2)9-3-8(11(12,13)14)17-10(18-9)15-4-7-5-20-6-16-7/h3,5-6H,4H2,1-2H3,(H,15,17,18). The summed E-state index contributed by atoms with van der Waals surface area (Å²) in [6, 6.07) is 0.911. The summed E-state index contributed by atoms with van der Waals surface area (Å²) >= 11 is 1.41. The molecule has 2 aromatic heterocycles. The lowest BCUT2D eigenvalue weighted by molar-refractivity contribution is -0.141. The highest BCUT2D eigenvalue weighted by Gasteiger charge is 2.33. The van der Waals surface area contributed by atoms with E-state index in [9.17, 15) is 13.2 Å². The van der Waals surface area contributed by atoms with Crippen LogP contribution >= 0.6 is 11.3 Å². The monoisotopic (exact) mass is 303 g/mol. The molecule has 0 aliphatic rings. The Labute approximate surface area is 117 Å². The molecular weight excluding hydrogens is 291 g/mol. The number of nitrogens with one attached hydrogen (secondary N) is 1. The van der Waals surface area contributed by atoms with E-state index in [0.717, 1.165) is 11.8 Å². The number of alkyl halides is 3. The smallest absolute Gasteiger partial charge is 0.363 e. The Hall–Kier alpha value is -1.90. The van der Waals surface area contributed by atoms with E-state index in [0.29, 0.717) is 0 Å². The molecule has 0 saturated heterocycles. The minimum Gasteiger partial charge on any atom is -0.363 e. The molecule has 0 bridgehead atoms. The second kappa shape index (κ2) is 5.61. The second-order valence-corrected chi connectivity index (χ2v) is 4.88. The van der Waals surface area contributed by atoms with Crippen LogP contribution in [0.1, 0.15) is 11.4 Å². The van der Waals surface area contributed by atoms with Crippen molar-refractivity contribution >= 4 is 23.1 Å². The normalized spacial score (nSPS) is 11.4. The average molecular weight is 303 g/mol. The van der Waals surface area contributed by atoms with Crippen molar-refractivity contribution in [2.45, 2.75) is 12.7 Å². The topological polar surface area (TPSA) is 53.9 Å². The second-order valence-electron chi connectivity index (χ2n) is 4.16. The van der Waals surface area contributed by atoms with E-state index in [-0.39, 0.29) is 18.3 Å². The minimum absolute atomic E-state index is 0.0727. The van der Waals surface area contributed by atoms with Gasteiger partial charge in [0.2, 0.25) is 5.95 Å². The van der Waals surface area contributed by atoms with Gasteiger partial charge in [0.15, 0.2) is 5.69 Å². The Morgan fingerprint density at radius 1 is 1.30 bits per heavy atom. The summed E-state index contributed by atoms with van der Waals surface area (Å²) in [5.41, 5.74) is 1.40. The highest BCUT2D eigenvalue weighted by Crippen LogP contribution is 2.30. The Balaban J connectivity index is 2.25. The molecule has 9 heteroatoms. The van der Waals surface area contributed by atoms with Gasteiger partial charge in [-0.2, -0.15) is 18.2 Å². The van der Waals surface area contributed by atoms with E-state index < -0.39 is 11.9 Å². The average Bonchev–Trinajstić information content (AvgIpc) is 2.88. The first-order chi connectivity index (χ1) is 9.36. The fourth-order valence-corrected chi connectivity index (χ4v) is 1.94. The van der Waals surface area contributed by atoms with Crippen molar-refractivity contribution in [1.29, 1.82) is 0 Å². The lowest BCUT2D eigenvalue weighted by Crippen LogP contribution is -2.17. The Kier molecular flexibility index (Phi) is 4.07.